The number of nitrogens with zero attached hydrogens (tertiary/aromatic N) is 1. The molecular formula is C14H23N2O3PS. The third-order valence-electron chi connectivity index (χ3n) is 3.60. The molecular weight excluding hydrogens is 307 g/mol. The maximum atomic E-state index is 10.2. The average Bonchev–Trinajstić information content (AvgIpc) is 2.64. The first-order chi connectivity index (χ1) is 9.69. The molecule has 0 radical (unpaired) electrons. The molecule has 21 heavy (non-hydrogen) atoms. The highest BCUT2D eigenvalue weighted by atomic mass is 32.1. The van der Waals surface area contributed by atoms with Crippen molar-refractivity contribution >= 4 is 30.4 Å². The number of hydrogen-bond donors (Lipinski definition) is 3. The van der Waals surface area contributed by atoms with Gasteiger partial charge in [0.1, 0.15) is 23.0 Å². The third kappa shape index (κ3) is 3.96. The van der Waals surface area contributed by atoms with Gasteiger partial charge < -0.3 is 25.2 Å². The highest BCUT2D eigenvalue weighted by molar-refractivity contribution is 7.80. The van der Waals surface area contributed by atoms with Crippen molar-refractivity contribution in [2.45, 2.75) is 31.0 Å². The molecule has 2 rings (SSSR count). The molecule has 2 aliphatic heterocycles. The van der Waals surface area contributed by atoms with Crippen LogP contribution in [0.15, 0.2) is 24.7 Å². The first kappa shape index (κ1) is 16.7. The predicted octanol–water partition coefficient (Wildman–Crippen LogP) is 0.750. The van der Waals surface area contributed by atoms with Crippen LogP contribution in [-0.4, -0.2) is 70.4 Å². The summed E-state index contributed by atoms with van der Waals surface area (Å²) in [6.07, 6.45) is 6.22. The van der Waals surface area contributed by atoms with Gasteiger partial charge in [-0.15, -0.1) is 13.2 Å². The Morgan fingerprint density at radius 3 is 2.67 bits per heavy atom. The second-order valence-corrected chi connectivity index (χ2v) is 10.9. The second kappa shape index (κ2) is 6.23. The summed E-state index contributed by atoms with van der Waals surface area (Å²) in [7, 11) is 0. The quantitative estimate of drug-likeness (QED) is 0.522. The summed E-state index contributed by atoms with van der Waals surface area (Å²) in [6.45, 7) is 6.96. The van der Waals surface area contributed by atoms with Crippen LogP contribution in [-0.2, 0) is 4.74 Å². The lowest BCUT2D eigenvalue weighted by Crippen LogP contribution is -2.46. The first-order valence-corrected chi connectivity index (χ1v) is 10.3. The Kier molecular flexibility index (Phi) is 4.96. The predicted molar refractivity (Wildman–Crippen MR) is 91.9 cm³/mol. The number of nitrogens with one attached hydrogen (secondary N) is 1. The number of ether oxygens (including phenoxy) is 1. The van der Waals surface area contributed by atoms with Crippen LogP contribution in [0.3, 0.4) is 0 Å². The molecule has 118 valence electrons. The lowest BCUT2D eigenvalue weighted by molar-refractivity contribution is -0.0590. The molecule has 2 aliphatic rings. The summed E-state index contributed by atoms with van der Waals surface area (Å²) in [5.74, 6) is 0.532. The highest BCUT2D eigenvalue weighted by Gasteiger charge is 2.45. The van der Waals surface area contributed by atoms with E-state index in [1.54, 1.807) is 17.2 Å². The molecule has 5 nitrogen and oxygen atoms in total. The van der Waals surface area contributed by atoms with Gasteiger partial charge in [0.2, 0.25) is 0 Å². The standard InChI is InChI=1S/C14H23N2O3PS/c1-9-15-11(21)5-7-16(9)14-13(18)12(17)10(19-14)6-8-20(2,3)4/h5,7,10,12-14,17-18H,1-2,6,8H2,3-4H3,(H,15,21). The van der Waals surface area contributed by atoms with E-state index in [0.717, 1.165) is 6.16 Å². The highest BCUT2D eigenvalue weighted by Crippen LogP contribution is 2.38. The normalized spacial score (nSPS) is 33.4. The fourth-order valence-electron chi connectivity index (χ4n) is 2.40. The molecule has 0 spiro atoms. The van der Waals surface area contributed by atoms with Crippen molar-refractivity contribution in [1.82, 2.24) is 10.2 Å². The zero-order chi connectivity index (χ0) is 15.8. The first-order valence-electron chi connectivity index (χ1n) is 6.84. The summed E-state index contributed by atoms with van der Waals surface area (Å²) < 4.78 is 5.85. The van der Waals surface area contributed by atoms with Crippen molar-refractivity contribution in [3.8, 4) is 0 Å². The minimum atomic E-state index is -1.18. The van der Waals surface area contributed by atoms with E-state index in [2.05, 4.69) is 31.5 Å². The molecule has 0 aliphatic carbocycles. The molecule has 0 amide bonds. The molecule has 4 atom stereocenters. The van der Waals surface area contributed by atoms with Crippen LogP contribution in [0.5, 0.6) is 0 Å². The van der Waals surface area contributed by atoms with Gasteiger partial charge in [-0.25, -0.2) is 0 Å². The summed E-state index contributed by atoms with van der Waals surface area (Å²) >= 11 is 5.03. The van der Waals surface area contributed by atoms with E-state index in [0.29, 0.717) is 17.2 Å². The summed E-state index contributed by atoms with van der Waals surface area (Å²) in [5.41, 5.74) is 0. The average molecular weight is 330 g/mol. The van der Waals surface area contributed by atoms with Crippen LogP contribution in [0.2, 0.25) is 0 Å². The number of thiocarbonyl (C=S) groups is 1. The molecule has 0 aromatic rings. The summed E-state index contributed by atoms with van der Waals surface area (Å²) in [5, 5.41) is 23.3. The number of rotatable bonds is 4. The SMILES string of the molecule is C=C1NC(=S)C=CN1C1OC(CCP(=C)(C)C)C(O)C1O. The van der Waals surface area contributed by atoms with Gasteiger partial charge in [0.25, 0.3) is 0 Å². The maximum absolute atomic E-state index is 10.2. The van der Waals surface area contributed by atoms with Gasteiger partial charge in [0, 0.05) is 6.20 Å². The zero-order valence-electron chi connectivity index (χ0n) is 12.4. The molecule has 4 unspecified atom stereocenters. The Hall–Kier alpha value is -0.650. The Balaban J connectivity index is 2.06. The summed E-state index contributed by atoms with van der Waals surface area (Å²) in [6, 6.07) is 0. The topological polar surface area (TPSA) is 65.0 Å². The monoisotopic (exact) mass is 330 g/mol. The van der Waals surface area contributed by atoms with Crippen LogP contribution in [0.25, 0.3) is 0 Å². The fraction of sp³-hybridized carbons (Fsp3) is 0.571. The number of aliphatic hydroxyl groups is 2. The second-order valence-electron chi connectivity index (χ2n) is 6.15. The van der Waals surface area contributed by atoms with Gasteiger partial charge in [-0.05, 0) is 32.0 Å². The van der Waals surface area contributed by atoms with E-state index in [-0.39, 0.29) is 6.10 Å². The van der Waals surface area contributed by atoms with Gasteiger partial charge >= 0.3 is 0 Å². The van der Waals surface area contributed by atoms with Crippen molar-refractivity contribution in [3.05, 3.63) is 24.7 Å². The molecule has 7 heteroatoms. The van der Waals surface area contributed by atoms with E-state index < -0.39 is 25.3 Å². The Labute approximate surface area is 131 Å². The molecule has 1 fully saturated rings. The van der Waals surface area contributed by atoms with Gasteiger partial charge in [-0.1, -0.05) is 18.8 Å². The minimum absolute atomic E-state index is 0.388. The lowest BCUT2D eigenvalue weighted by Gasteiger charge is -2.33. The van der Waals surface area contributed by atoms with E-state index >= 15 is 0 Å². The van der Waals surface area contributed by atoms with Crippen LogP contribution in [0.4, 0.5) is 0 Å². The molecule has 1 saturated heterocycles. The van der Waals surface area contributed by atoms with Crippen LogP contribution in [0.1, 0.15) is 6.42 Å². The third-order valence-corrected chi connectivity index (χ3v) is 5.30. The van der Waals surface area contributed by atoms with Crippen molar-refractivity contribution in [2.75, 3.05) is 19.5 Å². The smallest absolute Gasteiger partial charge is 0.164 e. The molecule has 0 saturated carbocycles. The van der Waals surface area contributed by atoms with Gasteiger partial charge in [0.15, 0.2) is 6.23 Å². The van der Waals surface area contributed by atoms with Gasteiger partial charge in [0.05, 0.1) is 6.10 Å². The van der Waals surface area contributed by atoms with Crippen LogP contribution < -0.4 is 5.32 Å². The molecule has 0 bridgehead atoms. The fourth-order valence-corrected chi connectivity index (χ4v) is 3.53. The Bertz CT molecular complexity index is 516. The molecule has 2 heterocycles. The van der Waals surface area contributed by atoms with Crippen molar-refractivity contribution < 1.29 is 14.9 Å². The minimum Gasteiger partial charge on any atom is -0.388 e. The van der Waals surface area contributed by atoms with Crippen LogP contribution >= 0.6 is 19.1 Å². The van der Waals surface area contributed by atoms with Gasteiger partial charge in [-0.3, -0.25) is 0 Å². The van der Waals surface area contributed by atoms with Crippen molar-refractivity contribution in [1.29, 1.82) is 0 Å². The van der Waals surface area contributed by atoms with E-state index in [1.807, 2.05) is 0 Å². The molecule has 3 N–H and O–H groups in total. The van der Waals surface area contributed by atoms with E-state index in [9.17, 15) is 10.2 Å². The van der Waals surface area contributed by atoms with Crippen molar-refractivity contribution in [2.24, 2.45) is 0 Å². The Morgan fingerprint density at radius 2 is 2.10 bits per heavy atom. The van der Waals surface area contributed by atoms with E-state index in [4.69, 9.17) is 17.0 Å². The van der Waals surface area contributed by atoms with Gasteiger partial charge in [-0.2, -0.15) is 0 Å². The number of hydrogen-bond acceptors (Lipinski definition) is 5. The largest absolute Gasteiger partial charge is 0.388 e. The molecule has 0 aromatic carbocycles. The molecule has 0 aromatic heterocycles. The lowest BCUT2D eigenvalue weighted by atomic mass is 10.1. The summed E-state index contributed by atoms with van der Waals surface area (Å²) in [4.78, 5) is 2.22. The zero-order valence-corrected chi connectivity index (χ0v) is 14.1. The Morgan fingerprint density at radius 1 is 1.43 bits per heavy atom. The van der Waals surface area contributed by atoms with Crippen molar-refractivity contribution in [3.63, 3.8) is 0 Å². The van der Waals surface area contributed by atoms with Crippen LogP contribution in [0, 0.1) is 0 Å². The van der Waals surface area contributed by atoms with E-state index in [1.165, 1.54) is 0 Å². The number of aliphatic hydroxyl groups excluding tert-OH is 2. The maximum Gasteiger partial charge on any atom is 0.164 e.